The van der Waals surface area contributed by atoms with Gasteiger partial charge in [0.1, 0.15) is 0 Å². The molecule has 1 aliphatic rings. The Bertz CT molecular complexity index is 401. The van der Waals surface area contributed by atoms with E-state index >= 15 is 0 Å². The van der Waals surface area contributed by atoms with Crippen LogP contribution in [-0.4, -0.2) is 32.9 Å². The number of imidazole rings is 1. The lowest BCUT2D eigenvalue weighted by Crippen LogP contribution is -2.27. The SMILES string of the molecule is Cn1c(CO)cnc1SCC(=O)NCC1CC1. The van der Waals surface area contributed by atoms with Crippen LogP contribution in [0, 0.1) is 5.92 Å². The largest absolute Gasteiger partial charge is 0.390 e. The molecule has 1 fully saturated rings. The quantitative estimate of drug-likeness (QED) is 0.728. The van der Waals surface area contributed by atoms with Gasteiger partial charge in [0.2, 0.25) is 5.91 Å². The first-order chi connectivity index (χ1) is 8.20. The molecule has 0 bridgehead atoms. The van der Waals surface area contributed by atoms with E-state index in [1.807, 2.05) is 7.05 Å². The van der Waals surface area contributed by atoms with Crippen molar-refractivity contribution in [2.24, 2.45) is 13.0 Å². The number of carbonyl (C=O) groups excluding carboxylic acids is 1. The van der Waals surface area contributed by atoms with Crippen LogP contribution in [0.1, 0.15) is 18.5 Å². The smallest absolute Gasteiger partial charge is 0.230 e. The maximum absolute atomic E-state index is 11.5. The predicted octanol–water partition coefficient (Wildman–Crippen LogP) is 0.531. The van der Waals surface area contributed by atoms with Crippen LogP contribution in [0.25, 0.3) is 0 Å². The summed E-state index contributed by atoms with van der Waals surface area (Å²) in [5.74, 6) is 1.14. The highest BCUT2D eigenvalue weighted by molar-refractivity contribution is 7.99. The molecule has 1 heterocycles. The third-order valence-electron chi connectivity index (χ3n) is 2.82. The Morgan fingerprint density at radius 1 is 1.71 bits per heavy atom. The summed E-state index contributed by atoms with van der Waals surface area (Å²) in [4.78, 5) is 15.7. The van der Waals surface area contributed by atoms with E-state index in [1.165, 1.54) is 24.6 Å². The minimum atomic E-state index is -0.0298. The van der Waals surface area contributed by atoms with Crippen molar-refractivity contribution in [1.29, 1.82) is 0 Å². The minimum absolute atomic E-state index is 0.0298. The zero-order valence-corrected chi connectivity index (χ0v) is 10.7. The Morgan fingerprint density at radius 3 is 3.06 bits per heavy atom. The molecule has 94 valence electrons. The van der Waals surface area contributed by atoms with E-state index in [-0.39, 0.29) is 12.5 Å². The normalized spacial score (nSPS) is 14.9. The van der Waals surface area contributed by atoms with E-state index in [1.54, 1.807) is 10.8 Å². The first-order valence-electron chi connectivity index (χ1n) is 5.71. The Hall–Kier alpha value is -1.01. The molecule has 6 heteroatoms. The van der Waals surface area contributed by atoms with Gasteiger partial charge in [0, 0.05) is 13.6 Å². The number of aliphatic hydroxyl groups excluding tert-OH is 1. The van der Waals surface area contributed by atoms with Crippen molar-refractivity contribution in [3.8, 4) is 0 Å². The van der Waals surface area contributed by atoms with Gasteiger partial charge in [-0.05, 0) is 18.8 Å². The molecule has 0 radical (unpaired) electrons. The van der Waals surface area contributed by atoms with E-state index in [2.05, 4.69) is 10.3 Å². The second kappa shape index (κ2) is 5.55. The van der Waals surface area contributed by atoms with Crippen molar-refractivity contribution in [1.82, 2.24) is 14.9 Å². The average molecular weight is 255 g/mol. The summed E-state index contributed by atoms with van der Waals surface area (Å²) in [6.45, 7) is 0.778. The lowest BCUT2D eigenvalue weighted by Gasteiger charge is -2.05. The van der Waals surface area contributed by atoms with E-state index in [9.17, 15) is 4.79 Å². The summed E-state index contributed by atoms with van der Waals surface area (Å²) < 4.78 is 1.80. The number of aromatic nitrogens is 2. The highest BCUT2D eigenvalue weighted by atomic mass is 32.2. The second-order valence-corrected chi connectivity index (χ2v) is 5.23. The molecule has 17 heavy (non-hydrogen) atoms. The Balaban J connectivity index is 1.75. The number of nitrogens with one attached hydrogen (secondary N) is 1. The average Bonchev–Trinajstić information content (AvgIpc) is 3.08. The maximum Gasteiger partial charge on any atom is 0.230 e. The Kier molecular flexibility index (Phi) is 4.06. The summed E-state index contributed by atoms with van der Waals surface area (Å²) in [6, 6.07) is 0. The number of hydrogen-bond donors (Lipinski definition) is 2. The number of carbonyl (C=O) groups is 1. The molecule has 0 atom stereocenters. The number of rotatable bonds is 6. The summed E-state index contributed by atoms with van der Waals surface area (Å²) in [6.07, 6.45) is 4.11. The first kappa shape index (κ1) is 12.4. The molecule has 1 aliphatic carbocycles. The molecule has 0 saturated heterocycles. The topological polar surface area (TPSA) is 67.1 Å². The fraction of sp³-hybridized carbons (Fsp3) is 0.636. The van der Waals surface area contributed by atoms with Crippen LogP contribution in [-0.2, 0) is 18.4 Å². The van der Waals surface area contributed by atoms with Gasteiger partial charge >= 0.3 is 0 Å². The van der Waals surface area contributed by atoms with Crippen LogP contribution in [0.2, 0.25) is 0 Å². The number of aliphatic hydroxyl groups is 1. The van der Waals surface area contributed by atoms with Crippen molar-refractivity contribution < 1.29 is 9.90 Å². The highest BCUT2D eigenvalue weighted by Crippen LogP contribution is 2.27. The van der Waals surface area contributed by atoms with Crippen LogP contribution in [0.5, 0.6) is 0 Å². The minimum Gasteiger partial charge on any atom is -0.390 e. The van der Waals surface area contributed by atoms with Crippen molar-refractivity contribution in [3.05, 3.63) is 11.9 Å². The standard InChI is InChI=1S/C11H17N3O2S/c1-14-9(6-15)5-13-11(14)17-7-10(16)12-4-8-2-3-8/h5,8,15H,2-4,6-7H2,1H3,(H,12,16). The van der Waals surface area contributed by atoms with Crippen molar-refractivity contribution in [2.45, 2.75) is 24.6 Å². The zero-order chi connectivity index (χ0) is 12.3. The molecule has 2 N–H and O–H groups in total. The van der Waals surface area contributed by atoms with E-state index in [0.29, 0.717) is 11.7 Å². The first-order valence-corrected chi connectivity index (χ1v) is 6.70. The third-order valence-corrected chi connectivity index (χ3v) is 3.86. The van der Waals surface area contributed by atoms with Gasteiger partial charge in [-0.2, -0.15) is 0 Å². The van der Waals surface area contributed by atoms with E-state index < -0.39 is 0 Å². The summed E-state index contributed by atoms with van der Waals surface area (Å²) in [5, 5.41) is 12.7. The van der Waals surface area contributed by atoms with Gasteiger partial charge in [-0.15, -0.1) is 0 Å². The molecular weight excluding hydrogens is 238 g/mol. The Labute approximate surface area is 105 Å². The molecule has 0 aromatic carbocycles. The van der Waals surface area contributed by atoms with Gasteiger partial charge in [0.05, 0.1) is 24.3 Å². The molecule has 1 amide bonds. The number of amides is 1. The van der Waals surface area contributed by atoms with Gasteiger partial charge in [-0.25, -0.2) is 4.98 Å². The van der Waals surface area contributed by atoms with Gasteiger partial charge in [0.25, 0.3) is 0 Å². The molecule has 1 aromatic rings. The number of thioether (sulfide) groups is 1. The molecule has 0 aliphatic heterocycles. The van der Waals surface area contributed by atoms with Crippen LogP contribution in [0.3, 0.4) is 0 Å². The molecular formula is C11H17N3O2S. The molecule has 0 unspecified atom stereocenters. The van der Waals surface area contributed by atoms with Crippen molar-refractivity contribution in [3.63, 3.8) is 0 Å². The van der Waals surface area contributed by atoms with Crippen LogP contribution >= 0.6 is 11.8 Å². The van der Waals surface area contributed by atoms with E-state index in [4.69, 9.17) is 5.11 Å². The molecule has 1 aromatic heterocycles. The monoisotopic (exact) mass is 255 g/mol. The predicted molar refractivity (Wildman–Crippen MR) is 65.6 cm³/mol. The summed E-state index contributed by atoms with van der Waals surface area (Å²) in [7, 11) is 1.84. The van der Waals surface area contributed by atoms with Gasteiger partial charge in [0.15, 0.2) is 5.16 Å². The lowest BCUT2D eigenvalue weighted by atomic mass is 10.4. The van der Waals surface area contributed by atoms with Gasteiger partial charge < -0.3 is 15.0 Å². The van der Waals surface area contributed by atoms with Gasteiger partial charge in [-0.3, -0.25) is 4.79 Å². The van der Waals surface area contributed by atoms with Crippen LogP contribution in [0.15, 0.2) is 11.4 Å². The second-order valence-electron chi connectivity index (χ2n) is 4.29. The van der Waals surface area contributed by atoms with Crippen molar-refractivity contribution in [2.75, 3.05) is 12.3 Å². The van der Waals surface area contributed by atoms with Gasteiger partial charge in [-0.1, -0.05) is 11.8 Å². The maximum atomic E-state index is 11.5. The van der Waals surface area contributed by atoms with Crippen LogP contribution < -0.4 is 5.32 Å². The highest BCUT2D eigenvalue weighted by Gasteiger charge is 2.21. The molecule has 1 saturated carbocycles. The third kappa shape index (κ3) is 3.47. The fourth-order valence-corrected chi connectivity index (χ4v) is 2.27. The number of nitrogens with zero attached hydrogens (tertiary/aromatic N) is 2. The van der Waals surface area contributed by atoms with Crippen LogP contribution in [0.4, 0.5) is 0 Å². The lowest BCUT2D eigenvalue weighted by molar-refractivity contribution is -0.118. The zero-order valence-electron chi connectivity index (χ0n) is 9.85. The molecule has 0 spiro atoms. The molecule has 2 rings (SSSR count). The van der Waals surface area contributed by atoms with E-state index in [0.717, 1.165) is 17.4 Å². The van der Waals surface area contributed by atoms with Crippen molar-refractivity contribution >= 4 is 17.7 Å². The summed E-state index contributed by atoms with van der Waals surface area (Å²) in [5.41, 5.74) is 0.755. The fourth-order valence-electron chi connectivity index (χ4n) is 1.47. The number of hydrogen-bond acceptors (Lipinski definition) is 4. The Morgan fingerprint density at radius 2 is 2.47 bits per heavy atom. The molecule has 5 nitrogen and oxygen atoms in total. The summed E-state index contributed by atoms with van der Waals surface area (Å²) >= 11 is 1.39.